The Morgan fingerprint density at radius 3 is 2.47 bits per heavy atom. The third-order valence-corrected chi connectivity index (χ3v) is 5.32. The summed E-state index contributed by atoms with van der Waals surface area (Å²) in [5.74, 6) is 0.323. The van der Waals surface area contributed by atoms with Gasteiger partial charge in [-0.2, -0.15) is 4.68 Å². The lowest BCUT2D eigenvalue weighted by molar-refractivity contribution is 0.0989. The number of ether oxygens (including phenoxy) is 1. The quantitative estimate of drug-likeness (QED) is 0.442. The molecule has 0 aliphatic carbocycles. The maximum absolute atomic E-state index is 13.7. The Morgan fingerprint density at radius 2 is 1.78 bits per heavy atom. The molecule has 0 aliphatic heterocycles. The summed E-state index contributed by atoms with van der Waals surface area (Å²) in [5.41, 5.74) is 0.837. The van der Waals surface area contributed by atoms with Crippen LogP contribution in [0.2, 0.25) is 0 Å². The van der Waals surface area contributed by atoms with Crippen LogP contribution in [-0.2, 0) is 24.5 Å². The van der Waals surface area contributed by atoms with Gasteiger partial charge in [0, 0.05) is 24.0 Å². The maximum atomic E-state index is 13.7. The zero-order valence-electron chi connectivity index (χ0n) is 18.3. The number of benzene rings is 2. The minimum absolute atomic E-state index is 0.102. The van der Waals surface area contributed by atoms with Gasteiger partial charge in [-0.25, -0.2) is 9.18 Å². The van der Waals surface area contributed by atoms with Gasteiger partial charge in [-0.3, -0.25) is 9.36 Å². The Bertz CT molecular complexity index is 1370. The van der Waals surface area contributed by atoms with Gasteiger partial charge in [0.25, 0.3) is 0 Å². The topological polar surface area (TPSA) is 71.0 Å². The molecule has 0 spiro atoms. The minimum atomic E-state index is -0.483. The Morgan fingerprint density at radius 1 is 1.03 bits per heavy atom. The van der Waals surface area contributed by atoms with E-state index in [1.807, 2.05) is 55.7 Å². The van der Waals surface area contributed by atoms with Gasteiger partial charge in [0.1, 0.15) is 18.2 Å². The van der Waals surface area contributed by atoms with Gasteiger partial charge in [-0.15, -0.1) is 5.10 Å². The molecule has 0 unspecified atom stereocenters. The average Bonchev–Trinajstić information content (AvgIpc) is 3.09. The van der Waals surface area contributed by atoms with Crippen LogP contribution in [0.3, 0.4) is 0 Å². The lowest BCUT2D eigenvalue weighted by atomic mass is 10.1. The molecule has 8 heteroatoms. The van der Waals surface area contributed by atoms with Crippen LogP contribution >= 0.6 is 0 Å². The number of halogens is 1. The van der Waals surface area contributed by atoms with Crippen LogP contribution in [0.25, 0.3) is 16.7 Å². The zero-order chi connectivity index (χ0) is 22.8. The van der Waals surface area contributed by atoms with Crippen LogP contribution in [0, 0.1) is 5.82 Å². The molecule has 0 saturated heterocycles. The van der Waals surface area contributed by atoms with E-state index in [-0.39, 0.29) is 29.2 Å². The Hall–Kier alpha value is -3.52. The van der Waals surface area contributed by atoms with E-state index in [1.54, 1.807) is 6.07 Å². The SMILES string of the molecule is CCn1c(COCc2ccccc2)nn(-c2cc(=O)c3cc(F)ccc3n2C(C)C)c1=O. The first-order chi connectivity index (χ1) is 15.4. The zero-order valence-corrected chi connectivity index (χ0v) is 18.3. The average molecular weight is 436 g/mol. The van der Waals surface area contributed by atoms with E-state index in [1.165, 1.54) is 27.4 Å². The highest BCUT2D eigenvalue weighted by Crippen LogP contribution is 2.21. The first kappa shape index (κ1) is 21.7. The van der Waals surface area contributed by atoms with E-state index >= 15 is 0 Å². The van der Waals surface area contributed by atoms with Gasteiger partial charge < -0.3 is 9.30 Å². The largest absolute Gasteiger partial charge is 0.369 e. The molecule has 4 aromatic rings. The normalized spacial score (nSPS) is 11.5. The van der Waals surface area contributed by atoms with Gasteiger partial charge in [0.05, 0.1) is 12.1 Å². The first-order valence-electron chi connectivity index (χ1n) is 10.6. The Balaban J connectivity index is 1.78. The maximum Gasteiger partial charge on any atom is 0.352 e. The van der Waals surface area contributed by atoms with Crippen molar-refractivity contribution in [2.24, 2.45) is 0 Å². The highest BCUT2D eigenvalue weighted by Gasteiger charge is 2.20. The molecule has 4 rings (SSSR count). The van der Waals surface area contributed by atoms with E-state index in [2.05, 4.69) is 5.10 Å². The summed E-state index contributed by atoms with van der Waals surface area (Å²) in [5, 5.41) is 4.76. The second-order valence-electron chi connectivity index (χ2n) is 7.83. The molecule has 0 bridgehead atoms. The molecule has 0 amide bonds. The summed E-state index contributed by atoms with van der Waals surface area (Å²) >= 11 is 0. The van der Waals surface area contributed by atoms with Gasteiger partial charge in [0.15, 0.2) is 11.3 Å². The molecule has 2 aromatic carbocycles. The van der Waals surface area contributed by atoms with E-state index in [9.17, 15) is 14.0 Å². The third-order valence-electron chi connectivity index (χ3n) is 5.32. The smallest absolute Gasteiger partial charge is 0.352 e. The van der Waals surface area contributed by atoms with E-state index in [0.717, 1.165) is 5.56 Å². The summed E-state index contributed by atoms with van der Waals surface area (Å²) in [6.07, 6.45) is 0. The van der Waals surface area contributed by atoms with Gasteiger partial charge in [-0.1, -0.05) is 30.3 Å². The van der Waals surface area contributed by atoms with Crippen molar-refractivity contribution in [1.29, 1.82) is 0 Å². The van der Waals surface area contributed by atoms with Crippen LogP contribution in [-0.4, -0.2) is 18.9 Å². The summed E-state index contributed by atoms with van der Waals surface area (Å²) in [7, 11) is 0. The fraction of sp³-hybridized carbons (Fsp3) is 0.292. The molecular weight excluding hydrogens is 411 g/mol. The first-order valence-corrected chi connectivity index (χ1v) is 10.6. The predicted molar refractivity (Wildman–Crippen MR) is 121 cm³/mol. The fourth-order valence-electron chi connectivity index (χ4n) is 3.85. The molecule has 0 radical (unpaired) electrons. The second-order valence-corrected chi connectivity index (χ2v) is 7.83. The van der Waals surface area contributed by atoms with E-state index in [4.69, 9.17) is 4.74 Å². The minimum Gasteiger partial charge on any atom is -0.369 e. The second kappa shape index (κ2) is 8.92. The van der Waals surface area contributed by atoms with Crippen molar-refractivity contribution in [1.82, 2.24) is 18.9 Å². The van der Waals surface area contributed by atoms with Crippen molar-refractivity contribution in [3.8, 4) is 5.82 Å². The number of pyridine rings is 1. The summed E-state index contributed by atoms with van der Waals surface area (Å²) in [6.45, 7) is 6.67. The molecule has 0 aliphatic rings. The van der Waals surface area contributed by atoms with E-state index < -0.39 is 5.82 Å². The monoisotopic (exact) mass is 436 g/mol. The molecule has 0 N–H and O–H groups in total. The summed E-state index contributed by atoms with van der Waals surface area (Å²) in [6, 6.07) is 15.1. The fourth-order valence-corrected chi connectivity index (χ4v) is 3.85. The van der Waals surface area contributed by atoms with E-state index in [0.29, 0.717) is 30.3 Å². The molecule has 166 valence electrons. The van der Waals surface area contributed by atoms with Crippen LogP contribution in [0.1, 0.15) is 38.2 Å². The highest BCUT2D eigenvalue weighted by atomic mass is 19.1. The predicted octanol–water partition coefficient (Wildman–Crippen LogP) is 3.81. The molecule has 7 nitrogen and oxygen atoms in total. The van der Waals surface area contributed by atoms with Crippen LogP contribution in [0.4, 0.5) is 4.39 Å². The lowest BCUT2D eigenvalue weighted by Gasteiger charge is -2.19. The highest BCUT2D eigenvalue weighted by molar-refractivity contribution is 5.80. The van der Waals surface area contributed by atoms with Crippen molar-refractivity contribution in [2.45, 2.75) is 46.6 Å². The number of fused-ring (bicyclic) bond motifs is 1. The summed E-state index contributed by atoms with van der Waals surface area (Å²) in [4.78, 5) is 25.9. The molecule has 2 aromatic heterocycles. The Labute approximate surface area is 184 Å². The van der Waals surface area contributed by atoms with Crippen molar-refractivity contribution in [3.63, 3.8) is 0 Å². The van der Waals surface area contributed by atoms with Crippen LogP contribution < -0.4 is 11.1 Å². The van der Waals surface area contributed by atoms with Crippen molar-refractivity contribution in [2.75, 3.05) is 0 Å². The van der Waals surface area contributed by atoms with Gasteiger partial charge in [0.2, 0.25) is 0 Å². The lowest BCUT2D eigenvalue weighted by Crippen LogP contribution is -2.28. The third kappa shape index (κ3) is 4.01. The molecule has 0 atom stereocenters. The van der Waals surface area contributed by atoms with Crippen molar-refractivity contribution >= 4 is 10.9 Å². The van der Waals surface area contributed by atoms with Gasteiger partial charge in [-0.05, 0) is 44.5 Å². The molecule has 0 fully saturated rings. The van der Waals surface area contributed by atoms with Crippen LogP contribution in [0.15, 0.2) is 64.2 Å². The number of rotatable bonds is 7. The molecule has 0 saturated carbocycles. The standard InChI is InChI=1S/C24H25FN4O3/c1-4-27-22(15-32-14-17-8-6-5-7-9-17)26-29(24(27)31)23-13-21(30)19-12-18(25)10-11-20(19)28(23)16(2)3/h5-13,16H,4,14-15H2,1-3H3. The van der Waals surface area contributed by atoms with Crippen LogP contribution in [0.5, 0.6) is 0 Å². The molecule has 2 heterocycles. The number of aromatic nitrogens is 4. The number of nitrogens with zero attached hydrogens (tertiary/aromatic N) is 4. The van der Waals surface area contributed by atoms with Crippen molar-refractivity contribution < 1.29 is 9.13 Å². The van der Waals surface area contributed by atoms with Gasteiger partial charge >= 0.3 is 5.69 Å². The number of hydrogen-bond donors (Lipinski definition) is 0. The number of hydrogen-bond acceptors (Lipinski definition) is 4. The van der Waals surface area contributed by atoms with Crippen molar-refractivity contribution in [3.05, 3.63) is 92.5 Å². The summed E-state index contributed by atoms with van der Waals surface area (Å²) < 4.78 is 24.1. The molecular formula is C24H25FN4O3. The molecule has 32 heavy (non-hydrogen) atoms. The Kier molecular flexibility index (Phi) is 6.05.